The molecule has 4 heteroatoms. The summed E-state index contributed by atoms with van der Waals surface area (Å²) in [6.45, 7) is 6.34. The Labute approximate surface area is 116 Å². The summed E-state index contributed by atoms with van der Waals surface area (Å²) in [4.78, 5) is 28.5. The van der Waals surface area contributed by atoms with Crippen molar-refractivity contribution in [3.05, 3.63) is 0 Å². The summed E-state index contributed by atoms with van der Waals surface area (Å²) in [6.07, 6.45) is 5.91. The normalized spacial score (nSPS) is 27.7. The van der Waals surface area contributed by atoms with Gasteiger partial charge in [-0.3, -0.25) is 4.79 Å². The number of ketones is 1. The molecule has 108 valence electrons. The number of nitrogens with zero attached hydrogens (tertiary/aromatic N) is 2. The van der Waals surface area contributed by atoms with Crippen LogP contribution in [0.4, 0.5) is 4.79 Å². The molecular weight excluding hydrogens is 240 g/mol. The van der Waals surface area contributed by atoms with E-state index in [0.29, 0.717) is 12.2 Å². The Bertz CT molecular complexity index is 339. The molecule has 0 radical (unpaired) electrons. The highest BCUT2D eigenvalue weighted by Gasteiger charge is 2.39. The molecular formula is C15H26N2O2. The van der Waals surface area contributed by atoms with Crippen LogP contribution in [-0.2, 0) is 4.79 Å². The second-order valence-electron chi connectivity index (χ2n) is 5.68. The summed E-state index contributed by atoms with van der Waals surface area (Å²) in [6, 6.07) is 0.298. The molecule has 2 amide bonds. The van der Waals surface area contributed by atoms with Crippen LogP contribution in [0.2, 0.25) is 0 Å². The van der Waals surface area contributed by atoms with Crippen LogP contribution in [0.25, 0.3) is 0 Å². The maximum atomic E-state index is 12.5. The third-order valence-electron chi connectivity index (χ3n) is 4.65. The van der Waals surface area contributed by atoms with Crippen LogP contribution in [0, 0.1) is 5.92 Å². The van der Waals surface area contributed by atoms with E-state index in [-0.39, 0.29) is 18.0 Å². The number of urea groups is 1. The van der Waals surface area contributed by atoms with E-state index < -0.39 is 0 Å². The summed E-state index contributed by atoms with van der Waals surface area (Å²) in [5.41, 5.74) is 0. The first-order valence-electron chi connectivity index (χ1n) is 7.77. The van der Waals surface area contributed by atoms with Crippen molar-refractivity contribution in [2.45, 2.75) is 58.4 Å². The topological polar surface area (TPSA) is 40.6 Å². The molecule has 2 aliphatic rings. The molecule has 0 aromatic carbocycles. The van der Waals surface area contributed by atoms with E-state index in [1.165, 1.54) is 0 Å². The fourth-order valence-corrected chi connectivity index (χ4v) is 3.54. The van der Waals surface area contributed by atoms with Crippen LogP contribution in [0.5, 0.6) is 0 Å². The molecule has 1 saturated heterocycles. The first-order chi connectivity index (χ1) is 9.19. The summed E-state index contributed by atoms with van der Waals surface area (Å²) in [5.74, 6) is 0.492. The molecule has 1 saturated carbocycles. The van der Waals surface area contributed by atoms with Crippen molar-refractivity contribution in [1.29, 1.82) is 0 Å². The minimum atomic E-state index is 0.107. The highest BCUT2D eigenvalue weighted by molar-refractivity contribution is 5.83. The third-order valence-corrected chi connectivity index (χ3v) is 4.65. The Hall–Kier alpha value is -1.06. The first kappa shape index (κ1) is 14.4. The number of hydrogen-bond donors (Lipinski definition) is 0. The van der Waals surface area contributed by atoms with Gasteiger partial charge in [-0.1, -0.05) is 6.42 Å². The van der Waals surface area contributed by atoms with Gasteiger partial charge >= 0.3 is 6.03 Å². The van der Waals surface area contributed by atoms with Crippen LogP contribution in [0.1, 0.15) is 52.4 Å². The van der Waals surface area contributed by atoms with Gasteiger partial charge in [0.15, 0.2) is 0 Å². The zero-order valence-electron chi connectivity index (χ0n) is 12.2. The molecule has 0 bridgehead atoms. The molecule has 1 aliphatic carbocycles. The summed E-state index contributed by atoms with van der Waals surface area (Å²) in [7, 11) is 0. The van der Waals surface area contributed by atoms with E-state index in [2.05, 4.69) is 0 Å². The van der Waals surface area contributed by atoms with Crippen LogP contribution >= 0.6 is 0 Å². The Balaban J connectivity index is 2.07. The van der Waals surface area contributed by atoms with Gasteiger partial charge in [0.25, 0.3) is 0 Å². The van der Waals surface area contributed by atoms with Gasteiger partial charge < -0.3 is 9.80 Å². The molecule has 0 spiro atoms. The fraction of sp³-hybridized carbons (Fsp3) is 0.867. The van der Waals surface area contributed by atoms with E-state index in [9.17, 15) is 9.59 Å². The number of amides is 2. The van der Waals surface area contributed by atoms with Gasteiger partial charge in [0, 0.05) is 38.0 Å². The van der Waals surface area contributed by atoms with Crippen molar-refractivity contribution in [3.8, 4) is 0 Å². The molecule has 0 aromatic heterocycles. The Kier molecular flexibility index (Phi) is 4.83. The van der Waals surface area contributed by atoms with Crippen LogP contribution in [-0.4, -0.2) is 47.3 Å². The van der Waals surface area contributed by atoms with Gasteiger partial charge in [-0.2, -0.15) is 0 Å². The lowest BCUT2D eigenvalue weighted by Gasteiger charge is -2.35. The predicted octanol–water partition coefficient (Wildman–Crippen LogP) is 2.67. The molecule has 2 atom stereocenters. The van der Waals surface area contributed by atoms with Gasteiger partial charge in [0.05, 0.1) is 0 Å². The Morgan fingerprint density at radius 1 is 1.21 bits per heavy atom. The van der Waals surface area contributed by atoms with Crippen molar-refractivity contribution >= 4 is 11.8 Å². The predicted molar refractivity (Wildman–Crippen MR) is 75.0 cm³/mol. The van der Waals surface area contributed by atoms with Crippen LogP contribution in [0.15, 0.2) is 0 Å². The van der Waals surface area contributed by atoms with Gasteiger partial charge in [-0.15, -0.1) is 0 Å². The van der Waals surface area contributed by atoms with Gasteiger partial charge in [-0.05, 0) is 39.5 Å². The zero-order valence-corrected chi connectivity index (χ0v) is 12.2. The van der Waals surface area contributed by atoms with Gasteiger partial charge in [-0.25, -0.2) is 4.79 Å². The van der Waals surface area contributed by atoms with E-state index in [4.69, 9.17) is 0 Å². The lowest BCUT2D eigenvalue weighted by molar-refractivity contribution is -0.126. The van der Waals surface area contributed by atoms with Crippen LogP contribution < -0.4 is 0 Å². The maximum Gasteiger partial charge on any atom is 0.320 e. The minimum absolute atomic E-state index is 0.107. The number of likely N-dealkylation sites (tertiary alicyclic amines) is 1. The molecule has 0 N–H and O–H groups in total. The standard InChI is InChI=1S/C15H26N2O2/c1-3-16(4-2)15(19)17-11-7-9-13(17)12-8-5-6-10-14(12)18/h12-13H,3-11H2,1-2H3. The lowest BCUT2D eigenvalue weighted by Crippen LogP contribution is -2.49. The van der Waals surface area contributed by atoms with Crippen molar-refractivity contribution in [3.63, 3.8) is 0 Å². The molecule has 0 aromatic rings. The maximum absolute atomic E-state index is 12.5. The average Bonchev–Trinajstić information content (AvgIpc) is 2.89. The number of carbonyl (C=O) groups is 2. The molecule has 1 heterocycles. The third kappa shape index (κ3) is 2.93. The van der Waals surface area contributed by atoms with Gasteiger partial charge in [0.2, 0.25) is 0 Å². The van der Waals surface area contributed by atoms with E-state index in [1.54, 1.807) is 0 Å². The van der Waals surface area contributed by atoms with Crippen molar-refractivity contribution < 1.29 is 9.59 Å². The average molecular weight is 266 g/mol. The second kappa shape index (κ2) is 6.40. The van der Waals surface area contributed by atoms with Crippen molar-refractivity contribution in [2.75, 3.05) is 19.6 Å². The smallest absolute Gasteiger partial charge is 0.320 e. The number of carbonyl (C=O) groups excluding carboxylic acids is 2. The monoisotopic (exact) mass is 266 g/mol. The lowest BCUT2D eigenvalue weighted by atomic mass is 9.82. The summed E-state index contributed by atoms with van der Waals surface area (Å²) < 4.78 is 0. The van der Waals surface area contributed by atoms with Crippen LogP contribution in [0.3, 0.4) is 0 Å². The van der Waals surface area contributed by atoms with E-state index in [1.807, 2.05) is 23.6 Å². The highest BCUT2D eigenvalue weighted by Crippen LogP contribution is 2.32. The summed E-state index contributed by atoms with van der Waals surface area (Å²) >= 11 is 0. The molecule has 1 aliphatic heterocycles. The van der Waals surface area contributed by atoms with Crippen molar-refractivity contribution in [1.82, 2.24) is 9.80 Å². The SMILES string of the molecule is CCN(CC)C(=O)N1CCCC1C1CCCCC1=O. The Morgan fingerprint density at radius 2 is 1.95 bits per heavy atom. The molecule has 2 unspecified atom stereocenters. The number of Topliss-reactive ketones (excluding diaryl/α,β-unsaturated/α-hetero) is 1. The number of rotatable bonds is 3. The fourth-order valence-electron chi connectivity index (χ4n) is 3.54. The van der Waals surface area contributed by atoms with E-state index in [0.717, 1.165) is 51.7 Å². The molecule has 2 fully saturated rings. The van der Waals surface area contributed by atoms with Crippen molar-refractivity contribution in [2.24, 2.45) is 5.92 Å². The highest BCUT2D eigenvalue weighted by atomic mass is 16.2. The second-order valence-corrected chi connectivity index (χ2v) is 5.68. The largest absolute Gasteiger partial charge is 0.325 e. The zero-order chi connectivity index (χ0) is 13.8. The number of hydrogen-bond acceptors (Lipinski definition) is 2. The first-order valence-corrected chi connectivity index (χ1v) is 7.77. The molecule has 4 nitrogen and oxygen atoms in total. The molecule has 2 rings (SSSR count). The minimum Gasteiger partial charge on any atom is -0.325 e. The summed E-state index contributed by atoms with van der Waals surface area (Å²) in [5, 5.41) is 0. The van der Waals surface area contributed by atoms with E-state index >= 15 is 0 Å². The van der Waals surface area contributed by atoms with Gasteiger partial charge in [0.1, 0.15) is 5.78 Å². The Morgan fingerprint density at radius 3 is 2.58 bits per heavy atom. The molecule has 19 heavy (non-hydrogen) atoms. The quantitative estimate of drug-likeness (QED) is 0.788.